The minimum absolute atomic E-state index is 0.0677. The first-order chi connectivity index (χ1) is 14.4. The lowest BCUT2D eigenvalue weighted by Gasteiger charge is -2.11. The highest BCUT2D eigenvalue weighted by Crippen LogP contribution is 2.24. The number of methoxy groups -OCH3 is 1. The van der Waals surface area contributed by atoms with Crippen LogP contribution in [-0.4, -0.2) is 50.1 Å². The predicted molar refractivity (Wildman–Crippen MR) is 104 cm³/mol. The van der Waals surface area contributed by atoms with Gasteiger partial charge in [-0.1, -0.05) is 18.2 Å². The molecule has 156 valence electrons. The quantitative estimate of drug-likeness (QED) is 0.334. The molecule has 30 heavy (non-hydrogen) atoms. The second-order valence-corrected chi connectivity index (χ2v) is 5.90. The number of anilines is 1. The van der Waals surface area contributed by atoms with Crippen LogP contribution < -0.4 is 10.1 Å². The van der Waals surface area contributed by atoms with Gasteiger partial charge in [0.05, 0.1) is 30.5 Å². The van der Waals surface area contributed by atoms with Crippen molar-refractivity contribution in [3.8, 4) is 11.6 Å². The zero-order valence-electron chi connectivity index (χ0n) is 16.1. The monoisotopic (exact) mass is 414 g/mol. The predicted octanol–water partition coefficient (Wildman–Crippen LogP) is 1.80. The van der Waals surface area contributed by atoms with E-state index in [1.54, 1.807) is 31.2 Å². The van der Waals surface area contributed by atoms with Gasteiger partial charge in [0, 0.05) is 0 Å². The molecular weight excluding hydrogens is 396 g/mol. The van der Waals surface area contributed by atoms with Gasteiger partial charge >= 0.3 is 17.5 Å². The summed E-state index contributed by atoms with van der Waals surface area (Å²) in [4.78, 5) is 35.2. The maximum absolute atomic E-state index is 12.6. The maximum atomic E-state index is 12.6. The first-order valence-electron chi connectivity index (χ1n) is 8.80. The summed E-state index contributed by atoms with van der Waals surface area (Å²) in [6.07, 6.45) is 2.38. The SMILES string of the molecule is CCOC(=O)c1cnn(-c2ccccc2)c1NC(=O)Cn1cc([N+](=O)[O-])c(OC)n1. The summed E-state index contributed by atoms with van der Waals surface area (Å²) in [5, 5.41) is 21.7. The molecule has 3 rings (SSSR count). The summed E-state index contributed by atoms with van der Waals surface area (Å²) in [6, 6.07) is 8.87. The Morgan fingerprint density at radius 1 is 1.27 bits per heavy atom. The van der Waals surface area contributed by atoms with E-state index in [2.05, 4.69) is 15.5 Å². The Bertz CT molecular complexity index is 1070. The molecule has 0 bridgehead atoms. The lowest BCUT2D eigenvalue weighted by Crippen LogP contribution is -2.22. The molecule has 0 radical (unpaired) electrons. The number of nitro groups is 1. The number of esters is 1. The molecule has 0 saturated heterocycles. The molecule has 0 aliphatic rings. The number of hydrogen-bond donors (Lipinski definition) is 1. The average Bonchev–Trinajstić information content (AvgIpc) is 3.33. The molecule has 0 aliphatic carbocycles. The summed E-state index contributed by atoms with van der Waals surface area (Å²) in [5.41, 5.74) is 0.310. The standard InChI is InChI=1S/C18H18N6O6/c1-3-30-18(26)13-9-19-23(12-7-5-4-6-8-12)16(13)20-15(25)11-22-10-14(24(27)28)17(21-22)29-2/h4-10H,3,11H2,1-2H3,(H,20,25). The highest BCUT2D eigenvalue weighted by Gasteiger charge is 2.24. The van der Waals surface area contributed by atoms with Gasteiger partial charge in [-0.2, -0.15) is 5.10 Å². The number of nitrogens with zero attached hydrogens (tertiary/aromatic N) is 5. The highest BCUT2D eigenvalue weighted by atomic mass is 16.6. The van der Waals surface area contributed by atoms with Crippen LogP contribution in [0.2, 0.25) is 0 Å². The molecule has 0 spiro atoms. The highest BCUT2D eigenvalue weighted by molar-refractivity contribution is 6.00. The number of carbonyl (C=O) groups is 2. The van der Waals surface area contributed by atoms with Crippen molar-refractivity contribution in [2.24, 2.45) is 0 Å². The number of rotatable bonds is 8. The van der Waals surface area contributed by atoms with Gasteiger partial charge in [-0.3, -0.25) is 19.6 Å². The number of para-hydroxylation sites is 1. The van der Waals surface area contributed by atoms with E-state index in [0.717, 1.165) is 10.9 Å². The zero-order valence-corrected chi connectivity index (χ0v) is 16.1. The lowest BCUT2D eigenvalue weighted by molar-refractivity contribution is -0.385. The Morgan fingerprint density at radius 2 is 2.00 bits per heavy atom. The number of nitrogens with one attached hydrogen (secondary N) is 1. The average molecular weight is 414 g/mol. The minimum Gasteiger partial charge on any atom is -0.475 e. The van der Waals surface area contributed by atoms with E-state index in [4.69, 9.17) is 9.47 Å². The van der Waals surface area contributed by atoms with Crippen LogP contribution in [0, 0.1) is 10.1 Å². The molecule has 3 aromatic rings. The van der Waals surface area contributed by atoms with Crippen molar-refractivity contribution in [3.05, 3.63) is 58.4 Å². The fourth-order valence-electron chi connectivity index (χ4n) is 2.66. The van der Waals surface area contributed by atoms with Gasteiger partial charge in [-0.05, 0) is 19.1 Å². The Hall–Kier alpha value is -4.22. The molecule has 0 unspecified atom stereocenters. The number of aromatic nitrogens is 4. The van der Waals surface area contributed by atoms with E-state index in [9.17, 15) is 19.7 Å². The largest absolute Gasteiger partial charge is 0.475 e. The molecule has 1 aromatic carbocycles. The molecule has 2 aromatic heterocycles. The van der Waals surface area contributed by atoms with E-state index < -0.39 is 16.8 Å². The third-order valence-corrected chi connectivity index (χ3v) is 3.93. The normalized spacial score (nSPS) is 10.5. The van der Waals surface area contributed by atoms with E-state index in [1.807, 2.05) is 6.07 Å². The maximum Gasteiger partial charge on any atom is 0.350 e. The van der Waals surface area contributed by atoms with Crippen LogP contribution in [0.4, 0.5) is 11.5 Å². The molecule has 0 fully saturated rings. The molecule has 0 aliphatic heterocycles. The minimum atomic E-state index is -0.663. The van der Waals surface area contributed by atoms with Crippen LogP contribution in [0.25, 0.3) is 5.69 Å². The van der Waals surface area contributed by atoms with Crippen molar-refractivity contribution in [1.82, 2.24) is 19.6 Å². The third-order valence-electron chi connectivity index (χ3n) is 3.93. The van der Waals surface area contributed by atoms with Gasteiger partial charge in [-0.25, -0.2) is 9.48 Å². The Morgan fingerprint density at radius 3 is 2.60 bits per heavy atom. The fourth-order valence-corrected chi connectivity index (χ4v) is 2.66. The van der Waals surface area contributed by atoms with Crippen molar-refractivity contribution >= 4 is 23.4 Å². The summed E-state index contributed by atoms with van der Waals surface area (Å²) < 4.78 is 12.3. The van der Waals surface area contributed by atoms with Crippen molar-refractivity contribution in [3.63, 3.8) is 0 Å². The van der Waals surface area contributed by atoms with Crippen LogP contribution in [0.3, 0.4) is 0 Å². The summed E-state index contributed by atoms with van der Waals surface area (Å²) in [5.74, 6) is -1.34. The first kappa shape index (κ1) is 20.5. The van der Waals surface area contributed by atoms with E-state index in [-0.39, 0.29) is 36.1 Å². The van der Waals surface area contributed by atoms with Crippen LogP contribution in [0.1, 0.15) is 17.3 Å². The Labute approximate surface area is 170 Å². The van der Waals surface area contributed by atoms with Crippen LogP contribution in [0.5, 0.6) is 5.88 Å². The summed E-state index contributed by atoms with van der Waals surface area (Å²) in [6.45, 7) is 1.46. The summed E-state index contributed by atoms with van der Waals surface area (Å²) >= 11 is 0. The van der Waals surface area contributed by atoms with Gasteiger partial charge in [0.1, 0.15) is 18.3 Å². The fraction of sp³-hybridized carbons (Fsp3) is 0.222. The van der Waals surface area contributed by atoms with Gasteiger partial charge in [0.15, 0.2) is 5.82 Å². The first-order valence-corrected chi connectivity index (χ1v) is 8.80. The molecule has 0 atom stereocenters. The summed E-state index contributed by atoms with van der Waals surface area (Å²) in [7, 11) is 1.24. The smallest absolute Gasteiger partial charge is 0.350 e. The van der Waals surface area contributed by atoms with Gasteiger partial charge < -0.3 is 14.8 Å². The number of hydrogen-bond acceptors (Lipinski definition) is 8. The molecule has 12 heteroatoms. The topological polar surface area (TPSA) is 143 Å². The molecule has 0 saturated carbocycles. The van der Waals surface area contributed by atoms with Crippen LogP contribution in [-0.2, 0) is 16.1 Å². The van der Waals surface area contributed by atoms with Gasteiger partial charge in [-0.15, -0.1) is 5.10 Å². The van der Waals surface area contributed by atoms with Gasteiger partial charge in [0.2, 0.25) is 5.91 Å². The second kappa shape index (κ2) is 8.86. The van der Waals surface area contributed by atoms with E-state index in [0.29, 0.717) is 5.69 Å². The Balaban J connectivity index is 1.89. The van der Waals surface area contributed by atoms with E-state index in [1.165, 1.54) is 18.0 Å². The van der Waals surface area contributed by atoms with Crippen molar-refractivity contribution in [1.29, 1.82) is 0 Å². The number of carbonyl (C=O) groups excluding carboxylic acids is 2. The van der Waals surface area contributed by atoms with Crippen molar-refractivity contribution < 1.29 is 24.0 Å². The number of amides is 1. The molecule has 12 nitrogen and oxygen atoms in total. The Kier molecular flexibility index (Phi) is 6.05. The van der Waals surface area contributed by atoms with Crippen molar-refractivity contribution in [2.75, 3.05) is 19.0 Å². The third kappa shape index (κ3) is 4.27. The number of benzene rings is 1. The zero-order chi connectivity index (χ0) is 21.7. The van der Waals surface area contributed by atoms with Gasteiger partial charge in [0.25, 0.3) is 0 Å². The number of ether oxygens (including phenoxy) is 2. The van der Waals surface area contributed by atoms with E-state index >= 15 is 0 Å². The van der Waals surface area contributed by atoms with Crippen LogP contribution >= 0.6 is 0 Å². The molecule has 1 amide bonds. The lowest BCUT2D eigenvalue weighted by atomic mass is 10.3. The molecular formula is C18H18N6O6. The van der Waals surface area contributed by atoms with Crippen LogP contribution in [0.15, 0.2) is 42.7 Å². The second-order valence-electron chi connectivity index (χ2n) is 5.90. The van der Waals surface area contributed by atoms with Crippen molar-refractivity contribution in [2.45, 2.75) is 13.5 Å². The molecule has 1 N–H and O–H groups in total. The molecule has 2 heterocycles.